The van der Waals surface area contributed by atoms with Crippen LogP contribution in [0.1, 0.15) is 44.5 Å². The van der Waals surface area contributed by atoms with Gasteiger partial charge < -0.3 is 19.9 Å². The minimum atomic E-state index is -0.842. The second-order valence-corrected chi connectivity index (χ2v) is 6.29. The van der Waals surface area contributed by atoms with Crippen LogP contribution in [0.3, 0.4) is 0 Å². The Hall–Kier alpha value is -2.08. The molecule has 2 N–H and O–H groups in total. The van der Waals surface area contributed by atoms with Crippen LogP contribution < -0.4 is 5.32 Å². The molecule has 0 aliphatic heterocycles. The standard InChI is InChI=1S/C17H25NO5/c1-12(18-16(21)23-17(2,3)4)14(19)10-11-22-15(20)13-8-6-5-7-9-13/h5-9,12,14,19H,10-11H2,1-4H3,(H,18,21). The van der Waals surface area contributed by atoms with Crippen LogP contribution in [0.15, 0.2) is 30.3 Å². The monoisotopic (exact) mass is 323 g/mol. The Kier molecular flexibility index (Phi) is 7.03. The zero-order valence-electron chi connectivity index (χ0n) is 14.0. The van der Waals surface area contributed by atoms with Crippen molar-refractivity contribution in [1.29, 1.82) is 0 Å². The van der Waals surface area contributed by atoms with Crippen molar-refractivity contribution in [2.24, 2.45) is 0 Å². The summed E-state index contributed by atoms with van der Waals surface area (Å²) < 4.78 is 10.2. The average Bonchev–Trinajstić information content (AvgIpc) is 2.45. The maximum atomic E-state index is 11.7. The van der Waals surface area contributed by atoms with Crippen molar-refractivity contribution in [2.75, 3.05) is 6.61 Å². The number of aliphatic hydroxyl groups is 1. The summed E-state index contributed by atoms with van der Waals surface area (Å²) in [7, 11) is 0. The fraction of sp³-hybridized carbons (Fsp3) is 0.529. The molecule has 2 unspecified atom stereocenters. The molecule has 1 aromatic carbocycles. The van der Waals surface area contributed by atoms with Gasteiger partial charge in [0.15, 0.2) is 0 Å². The van der Waals surface area contributed by atoms with E-state index in [2.05, 4.69) is 5.32 Å². The van der Waals surface area contributed by atoms with Crippen LogP contribution >= 0.6 is 0 Å². The SMILES string of the molecule is CC(NC(=O)OC(C)(C)C)C(O)CCOC(=O)c1ccccc1. The van der Waals surface area contributed by atoms with E-state index >= 15 is 0 Å². The molecule has 0 aliphatic rings. The molecule has 1 rings (SSSR count). The Morgan fingerprint density at radius 1 is 1.22 bits per heavy atom. The highest BCUT2D eigenvalue weighted by Crippen LogP contribution is 2.08. The van der Waals surface area contributed by atoms with Crippen molar-refractivity contribution in [1.82, 2.24) is 5.32 Å². The van der Waals surface area contributed by atoms with Gasteiger partial charge in [0.25, 0.3) is 0 Å². The van der Waals surface area contributed by atoms with E-state index in [4.69, 9.17) is 9.47 Å². The van der Waals surface area contributed by atoms with Gasteiger partial charge in [0.2, 0.25) is 0 Å². The van der Waals surface area contributed by atoms with Gasteiger partial charge >= 0.3 is 12.1 Å². The second kappa shape index (κ2) is 8.53. The Bertz CT molecular complexity index is 509. The molecule has 1 amide bonds. The van der Waals surface area contributed by atoms with Crippen LogP contribution in [0.2, 0.25) is 0 Å². The lowest BCUT2D eigenvalue weighted by atomic mass is 10.1. The summed E-state index contributed by atoms with van der Waals surface area (Å²) in [6.45, 7) is 7.01. The third kappa shape index (κ3) is 7.65. The van der Waals surface area contributed by atoms with E-state index in [0.29, 0.717) is 5.56 Å². The summed E-state index contributed by atoms with van der Waals surface area (Å²) in [5.41, 5.74) is -0.137. The van der Waals surface area contributed by atoms with E-state index in [1.54, 1.807) is 52.0 Å². The molecule has 0 aromatic heterocycles. The normalized spacial score (nSPS) is 13.8. The number of amides is 1. The second-order valence-electron chi connectivity index (χ2n) is 6.29. The van der Waals surface area contributed by atoms with Gasteiger partial charge in [-0.1, -0.05) is 18.2 Å². The number of esters is 1. The first-order chi connectivity index (χ1) is 10.7. The molecule has 6 heteroatoms. The first-order valence-electron chi connectivity index (χ1n) is 7.59. The lowest BCUT2D eigenvalue weighted by molar-refractivity contribution is 0.0315. The third-order valence-corrected chi connectivity index (χ3v) is 2.98. The van der Waals surface area contributed by atoms with Crippen LogP contribution in [-0.2, 0) is 9.47 Å². The van der Waals surface area contributed by atoms with Crippen molar-refractivity contribution in [2.45, 2.75) is 51.9 Å². The number of ether oxygens (including phenoxy) is 2. The highest BCUT2D eigenvalue weighted by Gasteiger charge is 2.21. The molecule has 0 spiro atoms. The van der Waals surface area contributed by atoms with Crippen molar-refractivity contribution in [3.8, 4) is 0 Å². The smallest absolute Gasteiger partial charge is 0.407 e. The summed E-state index contributed by atoms with van der Waals surface area (Å²) in [5.74, 6) is -0.439. The predicted molar refractivity (Wildman–Crippen MR) is 86.2 cm³/mol. The van der Waals surface area contributed by atoms with Crippen molar-refractivity contribution < 1.29 is 24.2 Å². The van der Waals surface area contributed by atoms with Gasteiger partial charge in [-0.05, 0) is 39.8 Å². The molecular formula is C17H25NO5. The molecule has 6 nitrogen and oxygen atoms in total. The van der Waals surface area contributed by atoms with Crippen LogP contribution in [0.4, 0.5) is 4.79 Å². The van der Waals surface area contributed by atoms with Gasteiger partial charge in [0.05, 0.1) is 24.3 Å². The topological polar surface area (TPSA) is 84.9 Å². The van der Waals surface area contributed by atoms with E-state index in [0.717, 1.165) is 0 Å². The van der Waals surface area contributed by atoms with Gasteiger partial charge in [-0.25, -0.2) is 9.59 Å². The Balaban J connectivity index is 2.31. The molecule has 0 saturated heterocycles. The first kappa shape index (κ1) is 19.0. The maximum absolute atomic E-state index is 11.7. The van der Waals surface area contributed by atoms with Crippen molar-refractivity contribution in [3.63, 3.8) is 0 Å². The third-order valence-electron chi connectivity index (χ3n) is 2.98. The summed E-state index contributed by atoms with van der Waals surface area (Å²) in [5, 5.41) is 12.5. The highest BCUT2D eigenvalue weighted by atomic mass is 16.6. The van der Waals surface area contributed by atoms with E-state index in [-0.39, 0.29) is 13.0 Å². The van der Waals surface area contributed by atoms with Gasteiger partial charge in [-0.2, -0.15) is 0 Å². The van der Waals surface area contributed by atoms with Gasteiger partial charge in [-0.15, -0.1) is 0 Å². The zero-order valence-corrected chi connectivity index (χ0v) is 14.0. The maximum Gasteiger partial charge on any atom is 0.407 e. The van der Waals surface area contributed by atoms with Crippen LogP contribution in [0, 0.1) is 0 Å². The highest BCUT2D eigenvalue weighted by molar-refractivity contribution is 5.89. The molecule has 0 saturated carbocycles. The van der Waals surface area contributed by atoms with Crippen LogP contribution in [0.5, 0.6) is 0 Å². The van der Waals surface area contributed by atoms with E-state index < -0.39 is 29.8 Å². The number of alkyl carbamates (subject to hydrolysis) is 1. The minimum Gasteiger partial charge on any atom is -0.462 e. The van der Waals surface area contributed by atoms with Gasteiger partial charge in [0, 0.05) is 6.42 Å². The molecule has 2 atom stereocenters. The number of hydrogen-bond donors (Lipinski definition) is 2. The molecule has 0 aliphatic carbocycles. The Morgan fingerprint density at radius 3 is 2.39 bits per heavy atom. The average molecular weight is 323 g/mol. The van der Waals surface area contributed by atoms with E-state index in [1.165, 1.54) is 0 Å². The predicted octanol–water partition coefficient (Wildman–Crippen LogP) is 2.51. The van der Waals surface area contributed by atoms with Crippen molar-refractivity contribution in [3.05, 3.63) is 35.9 Å². The summed E-state index contributed by atoms with van der Waals surface area (Å²) in [6.07, 6.45) is -1.22. The fourth-order valence-corrected chi connectivity index (χ4v) is 1.77. The number of benzene rings is 1. The lowest BCUT2D eigenvalue weighted by Crippen LogP contribution is -2.44. The zero-order chi connectivity index (χ0) is 17.5. The number of rotatable bonds is 6. The number of nitrogens with one attached hydrogen (secondary N) is 1. The van der Waals surface area contributed by atoms with E-state index in [9.17, 15) is 14.7 Å². The molecule has 1 aromatic rings. The number of aliphatic hydroxyl groups excluding tert-OH is 1. The Labute approximate surface area is 136 Å². The molecule has 23 heavy (non-hydrogen) atoms. The summed E-state index contributed by atoms with van der Waals surface area (Å²) in [6, 6.07) is 8.11. The summed E-state index contributed by atoms with van der Waals surface area (Å²) >= 11 is 0. The van der Waals surface area contributed by atoms with Crippen LogP contribution in [-0.4, -0.2) is 41.5 Å². The quantitative estimate of drug-likeness (QED) is 0.786. The molecule has 0 bridgehead atoms. The largest absolute Gasteiger partial charge is 0.462 e. The van der Waals surface area contributed by atoms with Gasteiger partial charge in [0.1, 0.15) is 5.60 Å². The van der Waals surface area contributed by atoms with Gasteiger partial charge in [-0.3, -0.25) is 0 Å². The molecule has 0 fully saturated rings. The fourth-order valence-electron chi connectivity index (χ4n) is 1.77. The minimum absolute atomic E-state index is 0.0647. The first-order valence-corrected chi connectivity index (χ1v) is 7.59. The molecule has 128 valence electrons. The van der Waals surface area contributed by atoms with Crippen molar-refractivity contribution >= 4 is 12.1 Å². The molecule has 0 heterocycles. The van der Waals surface area contributed by atoms with E-state index in [1.807, 2.05) is 6.07 Å². The number of hydrogen-bond acceptors (Lipinski definition) is 5. The molecule has 0 radical (unpaired) electrons. The Morgan fingerprint density at radius 2 is 1.83 bits per heavy atom. The van der Waals surface area contributed by atoms with Crippen LogP contribution in [0.25, 0.3) is 0 Å². The summed E-state index contributed by atoms with van der Waals surface area (Å²) in [4.78, 5) is 23.3. The number of carbonyl (C=O) groups is 2. The number of carbonyl (C=O) groups excluding carboxylic acids is 2. The molecular weight excluding hydrogens is 298 g/mol. The lowest BCUT2D eigenvalue weighted by Gasteiger charge is -2.24.